The number of hydrogen-bond acceptors (Lipinski definition) is 12. The minimum absolute atomic E-state index is 0.0323. The minimum atomic E-state index is -3.93. The molecular formula is C30H26N8O6S4. The minimum Gasteiger partial charge on any atom is -0.334 e. The summed E-state index contributed by atoms with van der Waals surface area (Å²) >= 11 is 0. The molecule has 0 unspecified atom stereocenters. The van der Waals surface area contributed by atoms with Gasteiger partial charge in [0.15, 0.2) is 11.6 Å². The largest absolute Gasteiger partial charge is 0.334 e. The number of imidazole rings is 2. The zero-order valence-electron chi connectivity index (χ0n) is 25.3. The molecule has 0 fully saturated rings. The number of carbonyl (C=O) groups is 2. The first-order valence-corrected chi connectivity index (χ1v) is 19.5. The Hall–Kier alpha value is -4.78. The van der Waals surface area contributed by atoms with Crippen LogP contribution in [0.3, 0.4) is 0 Å². The van der Waals surface area contributed by atoms with Crippen LogP contribution < -0.4 is 9.44 Å². The number of fused-ring (bicyclic) bond motifs is 2. The van der Waals surface area contributed by atoms with Gasteiger partial charge in [0.1, 0.15) is 11.6 Å². The third kappa shape index (κ3) is 7.20. The quantitative estimate of drug-likeness (QED) is 0.0979. The van der Waals surface area contributed by atoms with Crippen LogP contribution in [0.4, 0.5) is 11.6 Å². The highest BCUT2D eigenvalue weighted by Gasteiger charge is 2.19. The number of pyridine rings is 2. The van der Waals surface area contributed by atoms with Crippen LogP contribution in [0.1, 0.15) is 20.7 Å². The van der Waals surface area contributed by atoms with Gasteiger partial charge in [-0.05, 0) is 60.7 Å². The summed E-state index contributed by atoms with van der Waals surface area (Å²) in [6.45, 7) is 0. The van der Waals surface area contributed by atoms with Gasteiger partial charge in [-0.1, -0.05) is 21.6 Å². The van der Waals surface area contributed by atoms with Crippen LogP contribution in [0.2, 0.25) is 0 Å². The van der Waals surface area contributed by atoms with E-state index < -0.39 is 20.0 Å². The molecule has 0 aliphatic heterocycles. The highest BCUT2D eigenvalue weighted by atomic mass is 33.1. The van der Waals surface area contributed by atoms with Crippen LogP contribution in [-0.2, 0) is 34.1 Å². The van der Waals surface area contributed by atoms with E-state index in [1.54, 1.807) is 33.9 Å². The Morgan fingerprint density at radius 3 is 1.42 bits per heavy atom. The highest BCUT2D eigenvalue weighted by Crippen LogP contribution is 2.25. The van der Waals surface area contributed by atoms with Crippen molar-refractivity contribution in [2.45, 2.75) is 9.79 Å². The van der Waals surface area contributed by atoms with E-state index in [2.05, 4.69) is 29.4 Å². The fourth-order valence-electron chi connectivity index (χ4n) is 4.55. The lowest BCUT2D eigenvalue weighted by atomic mass is 10.2. The molecule has 2 aromatic carbocycles. The van der Waals surface area contributed by atoms with Gasteiger partial charge in [0.25, 0.3) is 20.0 Å². The maximum absolute atomic E-state index is 12.8. The number of aryl methyl sites for hydroxylation is 2. The van der Waals surface area contributed by atoms with E-state index in [1.165, 1.54) is 82.5 Å². The molecule has 14 nitrogen and oxygen atoms in total. The van der Waals surface area contributed by atoms with Crippen molar-refractivity contribution in [2.75, 3.05) is 20.9 Å². The van der Waals surface area contributed by atoms with Crippen LogP contribution in [0.15, 0.2) is 95.5 Å². The van der Waals surface area contributed by atoms with Crippen molar-refractivity contribution in [1.29, 1.82) is 0 Å². The summed E-state index contributed by atoms with van der Waals surface area (Å²) < 4.78 is 59.8. The molecular weight excluding hydrogens is 697 g/mol. The van der Waals surface area contributed by atoms with Gasteiger partial charge in [0, 0.05) is 37.6 Å². The standard InChI is InChI=1S/C30H26N8O6S4/c1-37-17-33-23-11-21(5-7-25(23)37)47(41,42)35-29-9-3-19(13-31-29)27(39)15-45-46-16-28(40)20-4-10-30(32-14-20)36-48(43,44)22-6-8-26-24(12-22)34-18-38(26)2/h3-14,17-18H,15-16H2,1-2H3,(H,31,35)(H,32,36). The maximum Gasteiger partial charge on any atom is 0.263 e. The Morgan fingerprint density at radius 2 is 1.04 bits per heavy atom. The number of ketones is 2. The molecule has 48 heavy (non-hydrogen) atoms. The number of sulfonamides is 2. The number of rotatable bonds is 13. The Bertz CT molecular complexity index is 2220. The van der Waals surface area contributed by atoms with Gasteiger partial charge in [0.05, 0.1) is 56.0 Å². The van der Waals surface area contributed by atoms with Crippen LogP contribution in [0.5, 0.6) is 0 Å². The lowest BCUT2D eigenvalue weighted by Crippen LogP contribution is -2.14. The Morgan fingerprint density at radius 1 is 0.625 bits per heavy atom. The molecule has 0 radical (unpaired) electrons. The summed E-state index contributed by atoms with van der Waals surface area (Å²) in [5.74, 6) is -0.279. The summed E-state index contributed by atoms with van der Waals surface area (Å²) in [6.07, 6.45) is 5.77. The van der Waals surface area contributed by atoms with Gasteiger partial charge < -0.3 is 9.13 Å². The molecule has 0 atom stereocenters. The highest BCUT2D eigenvalue weighted by molar-refractivity contribution is 8.77. The number of anilines is 2. The molecule has 0 aliphatic rings. The first-order valence-electron chi connectivity index (χ1n) is 14.0. The van der Waals surface area contributed by atoms with Crippen molar-refractivity contribution in [1.82, 2.24) is 29.1 Å². The molecule has 246 valence electrons. The van der Waals surface area contributed by atoms with Crippen molar-refractivity contribution in [3.05, 3.63) is 96.8 Å². The molecule has 2 N–H and O–H groups in total. The van der Waals surface area contributed by atoms with E-state index in [9.17, 15) is 26.4 Å². The molecule has 0 bridgehead atoms. The van der Waals surface area contributed by atoms with Gasteiger partial charge in [0.2, 0.25) is 0 Å². The molecule has 4 heterocycles. The van der Waals surface area contributed by atoms with E-state index in [4.69, 9.17) is 0 Å². The lowest BCUT2D eigenvalue weighted by Gasteiger charge is -2.08. The van der Waals surface area contributed by atoms with Crippen molar-refractivity contribution in [2.24, 2.45) is 14.1 Å². The predicted molar refractivity (Wildman–Crippen MR) is 185 cm³/mol. The van der Waals surface area contributed by atoms with Crippen LogP contribution in [0, 0.1) is 0 Å². The van der Waals surface area contributed by atoms with Crippen molar-refractivity contribution >= 4 is 86.9 Å². The number of benzene rings is 2. The van der Waals surface area contributed by atoms with Gasteiger partial charge in [-0.15, -0.1) is 0 Å². The lowest BCUT2D eigenvalue weighted by molar-refractivity contribution is 0.101. The predicted octanol–water partition coefficient (Wildman–Crippen LogP) is 4.30. The van der Waals surface area contributed by atoms with Gasteiger partial charge in [-0.25, -0.2) is 36.8 Å². The number of nitrogens with one attached hydrogen (secondary N) is 2. The summed E-state index contributed by atoms with van der Waals surface area (Å²) in [4.78, 5) is 41.9. The number of hydrogen-bond donors (Lipinski definition) is 2. The number of nitrogens with zero attached hydrogens (tertiary/aromatic N) is 6. The monoisotopic (exact) mass is 722 g/mol. The summed E-state index contributed by atoms with van der Waals surface area (Å²) in [6, 6.07) is 15.0. The van der Waals surface area contributed by atoms with Crippen LogP contribution in [0.25, 0.3) is 22.1 Å². The van der Waals surface area contributed by atoms with Crippen molar-refractivity contribution < 1.29 is 26.4 Å². The summed E-state index contributed by atoms with van der Waals surface area (Å²) in [5.41, 5.74) is 3.24. The van der Waals surface area contributed by atoms with Gasteiger partial charge in [-0.2, -0.15) is 0 Å². The molecule has 4 aromatic heterocycles. The molecule has 0 amide bonds. The second-order valence-corrected chi connectivity index (χ2v) is 16.3. The van der Waals surface area contributed by atoms with Gasteiger partial charge in [-0.3, -0.25) is 19.0 Å². The van der Waals surface area contributed by atoms with E-state index in [0.717, 1.165) is 11.0 Å². The smallest absolute Gasteiger partial charge is 0.263 e. The Balaban J connectivity index is 0.966. The molecule has 0 spiro atoms. The normalized spacial score (nSPS) is 12.0. The fraction of sp³-hybridized carbons (Fsp3) is 0.133. The number of aromatic nitrogens is 6. The summed E-state index contributed by atoms with van der Waals surface area (Å²) in [5, 5.41) is 0. The third-order valence-corrected chi connectivity index (χ3v) is 12.0. The molecule has 0 saturated carbocycles. The van der Waals surface area contributed by atoms with E-state index in [1.807, 2.05) is 14.1 Å². The summed E-state index contributed by atoms with van der Waals surface area (Å²) in [7, 11) is -1.86. The first kappa shape index (κ1) is 33.1. The Kier molecular flexibility index (Phi) is 9.24. The average molecular weight is 723 g/mol. The molecule has 6 aromatic rings. The van der Waals surface area contributed by atoms with E-state index in [-0.39, 0.29) is 55.6 Å². The van der Waals surface area contributed by atoms with Crippen LogP contribution in [-0.4, -0.2) is 69.0 Å². The van der Waals surface area contributed by atoms with Crippen molar-refractivity contribution in [3.63, 3.8) is 0 Å². The molecule has 18 heteroatoms. The molecule has 0 saturated heterocycles. The number of carbonyl (C=O) groups excluding carboxylic acids is 2. The topological polar surface area (TPSA) is 188 Å². The van der Waals surface area contributed by atoms with E-state index in [0.29, 0.717) is 11.0 Å². The molecule has 6 rings (SSSR count). The maximum atomic E-state index is 12.8. The van der Waals surface area contributed by atoms with E-state index >= 15 is 0 Å². The second-order valence-electron chi connectivity index (χ2n) is 10.5. The molecule has 0 aliphatic carbocycles. The second kappa shape index (κ2) is 13.4. The van der Waals surface area contributed by atoms with Gasteiger partial charge >= 0.3 is 0 Å². The zero-order valence-corrected chi connectivity index (χ0v) is 28.5. The SMILES string of the molecule is Cn1cnc2cc(S(=O)(=O)Nc3ccc(C(=O)CSSCC(=O)c4ccc(NS(=O)(=O)c5ccc6c(c5)ncn6C)nc4)cn3)ccc21. The first-order chi connectivity index (χ1) is 22.9. The number of Topliss-reactive ketones (excluding diaryl/α,β-unsaturated/α-hetero) is 2. The third-order valence-electron chi connectivity index (χ3n) is 7.13. The van der Waals surface area contributed by atoms with Crippen LogP contribution >= 0.6 is 21.6 Å². The zero-order chi connectivity index (χ0) is 34.1. The average Bonchev–Trinajstić information content (AvgIpc) is 3.64. The van der Waals surface area contributed by atoms with Crippen molar-refractivity contribution in [3.8, 4) is 0 Å². The Labute approximate surface area is 282 Å². The fourth-order valence-corrected chi connectivity index (χ4v) is 8.47.